The fourth-order valence-electron chi connectivity index (χ4n) is 6.24. The van der Waals surface area contributed by atoms with Crippen LogP contribution in [0, 0.1) is 0 Å². The molecule has 0 aromatic heterocycles. The van der Waals surface area contributed by atoms with Gasteiger partial charge in [-0.25, -0.2) is 0 Å². The summed E-state index contributed by atoms with van der Waals surface area (Å²) < 4.78 is 37.8. The van der Waals surface area contributed by atoms with Crippen LogP contribution in [-0.2, 0) is 37.7 Å². The van der Waals surface area contributed by atoms with Crippen molar-refractivity contribution in [3.05, 3.63) is 0 Å². The maximum absolute atomic E-state index is 12.4. The molecule has 0 bridgehead atoms. The SMILES string of the molecule is CC[Si](CC)(CC)OC(C=O)[C@@H]1O[C@H]2CC[C@H](CC(=O)OC)O[C@@H]2[C@@H]2OC3(CCCCC3)O[C@@H]21. The molecule has 1 spiro atoms. The van der Waals surface area contributed by atoms with Crippen molar-refractivity contribution < 1.29 is 37.7 Å². The summed E-state index contributed by atoms with van der Waals surface area (Å²) in [4.78, 5) is 24.3. The van der Waals surface area contributed by atoms with Gasteiger partial charge in [0.05, 0.1) is 25.7 Å². The Morgan fingerprint density at radius 2 is 1.68 bits per heavy atom. The standard InChI is InChI=1S/C25H42O8Si/c1-5-34(6-2,7-3)33-19(16-26)22-24-23(31-25(32-24)13-9-8-10-14-25)21-18(30-22)12-11-17(29-21)15-20(27)28-4/h16-19,21-24H,5-15H2,1-4H3/t17-,18+,19?,21+,22+,23+,24-/m1/s1. The summed E-state index contributed by atoms with van der Waals surface area (Å²) >= 11 is 0. The van der Waals surface area contributed by atoms with Crippen LogP contribution in [0.15, 0.2) is 0 Å². The van der Waals surface area contributed by atoms with E-state index in [9.17, 15) is 9.59 Å². The van der Waals surface area contributed by atoms with Gasteiger partial charge in [-0.05, 0) is 43.8 Å². The third kappa shape index (κ3) is 5.15. The van der Waals surface area contributed by atoms with E-state index < -0.39 is 32.4 Å². The molecule has 7 atom stereocenters. The van der Waals surface area contributed by atoms with Crippen LogP contribution < -0.4 is 0 Å². The first-order valence-corrected chi connectivity index (χ1v) is 15.8. The number of fused-ring (bicyclic) bond motifs is 3. The molecule has 3 heterocycles. The maximum atomic E-state index is 12.4. The number of esters is 1. The quantitative estimate of drug-likeness (QED) is 0.269. The Hall–Kier alpha value is -0.843. The Morgan fingerprint density at radius 3 is 2.29 bits per heavy atom. The van der Waals surface area contributed by atoms with Crippen LogP contribution in [0.1, 0.15) is 72.1 Å². The second-order valence-corrected chi connectivity index (χ2v) is 15.0. The van der Waals surface area contributed by atoms with E-state index in [1.54, 1.807) is 0 Å². The lowest BCUT2D eigenvalue weighted by atomic mass is 9.87. The number of rotatable bonds is 9. The van der Waals surface area contributed by atoms with Crippen LogP contribution in [-0.4, -0.2) is 76.2 Å². The van der Waals surface area contributed by atoms with Crippen LogP contribution >= 0.6 is 0 Å². The summed E-state index contributed by atoms with van der Waals surface area (Å²) in [5.74, 6) is -0.929. The normalized spacial score (nSPS) is 35.9. The summed E-state index contributed by atoms with van der Waals surface area (Å²) in [7, 11) is -0.651. The van der Waals surface area contributed by atoms with E-state index in [1.807, 2.05) is 0 Å². The largest absolute Gasteiger partial charge is 0.469 e. The highest BCUT2D eigenvalue weighted by Gasteiger charge is 2.61. The van der Waals surface area contributed by atoms with Crippen molar-refractivity contribution in [3.8, 4) is 0 Å². The van der Waals surface area contributed by atoms with Gasteiger partial charge in [0.1, 0.15) is 36.8 Å². The Balaban J connectivity index is 1.59. The molecule has 4 aliphatic rings. The first kappa shape index (κ1) is 26.2. The molecule has 1 unspecified atom stereocenters. The zero-order valence-electron chi connectivity index (χ0n) is 21.2. The third-order valence-corrected chi connectivity index (χ3v) is 13.1. The van der Waals surface area contributed by atoms with E-state index in [4.69, 9.17) is 28.1 Å². The van der Waals surface area contributed by atoms with Crippen LogP contribution in [0.3, 0.4) is 0 Å². The van der Waals surface area contributed by atoms with Crippen LogP contribution in [0.2, 0.25) is 18.1 Å². The summed E-state index contributed by atoms with van der Waals surface area (Å²) in [6.45, 7) is 6.47. The van der Waals surface area contributed by atoms with Gasteiger partial charge in [-0.2, -0.15) is 0 Å². The maximum Gasteiger partial charge on any atom is 0.308 e. The number of hydrogen-bond acceptors (Lipinski definition) is 8. The molecule has 3 saturated heterocycles. The van der Waals surface area contributed by atoms with Crippen LogP contribution in [0.25, 0.3) is 0 Å². The molecule has 0 N–H and O–H groups in total. The minimum atomic E-state index is -2.04. The lowest BCUT2D eigenvalue weighted by molar-refractivity contribution is -0.250. The smallest absolute Gasteiger partial charge is 0.308 e. The summed E-state index contributed by atoms with van der Waals surface area (Å²) in [6, 6.07) is 2.87. The zero-order valence-corrected chi connectivity index (χ0v) is 22.2. The van der Waals surface area contributed by atoms with Crippen molar-refractivity contribution in [1.29, 1.82) is 0 Å². The molecule has 4 rings (SSSR count). The van der Waals surface area contributed by atoms with E-state index in [0.29, 0.717) is 6.42 Å². The Morgan fingerprint density at radius 1 is 1.00 bits per heavy atom. The van der Waals surface area contributed by atoms with Crippen molar-refractivity contribution in [2.24, 2.45) is 0 Å². The Labute approximate surface area is 204 Å². The molecular formula is C25H42O8Si. The molecule has 0 aromatic carbocycles. The monoisotopic (exact) mass is 498 g/mol. The number of carbonyl (C=O) groups excluding carboxylic acids is 2. The first-order chi connectivity index (χ1) is 16.4. The van der Waals surface area contributed by atoms with E-state index in [1.165, 1.54) is 13.5 Å². The highest BCUT2D eigenvalue weighted by Crippen LogP contribution is 2.48. The second-order valence-electron chi connectivity index (χ2n) is 10.3. The number of carbonyl (C=O) groups is 2. The lowest BCUT2D eigenvalue weighted by Crippen LogP contribution is -2.63. The van der Waals surface area contributed by atoms with Crippen molar-refractivity contribution in [2.75, 3.05) is 7.11 Å². The molecular weight excluding hydrogens is 456 g/mol. The zero-order chi connectivity index (χ0) is 24.3. The Kier molecular flexibility index (Phi) is 8.52. The summed E-state index contributed by atoms with van der Waals surface area (Å²) in [5, 5.41) is 0. The molecule has 1 aliphatic carbocycles. The van der Waals surface area contributed by atoms with Gasteiger partial charge < -0.3 is 32.9 Å². The molecule has 4 fully saturated rings. The van der Waals surface area contributed by atoms with Gasteiger partial charge in [0, 0.05) is 12.8 Å². The molecule has 3 aliphatic heterocycles. The van der Waals surface area contributed by atoms with E-state index in [0.717, 1.165) is 56.5 Å². The predicted octanol–water partition coefficient (Wildman–Crippen LogP) is 3.90. The van der Waals surface area contributed by atoms with Gasteiger partial charge in [0.2, 0.25) is 0 Å². The minimum Gasteiger partial charge on any atom is -0.469 e. The summed E-state index contributed by atoms with van der Waals surface area (Å²) in [6.07, 6.45) is 4.67. The van der Waals surface area contributed by atoms with Crippen molar-refractivity contribution in [1.82, 2.24) is 0 Å². The molecule has 34 heavy (non-hydrogen) atoms. The van der Waals surface area contributed by atoms with E-state index in [2.05, 4.69) is 20.8 Å². The first-order valence-electron chi connectivity index (χ1n) is 13.3. The third-order valence-electron chi connectivity index (χ3n) is 8.51. The van der Waals surface area contributed by atoms with Crippen molar-refractivity contribution in [3.63, 3.8) is 0 Å². The van der Waals surface area contributed by atoms with Crippen LogP contribution in [0.4, 0.5) is 0 Å². The van der Waals surface area contributed by atoms with Gasteiger partial charge in [-0.3, -0.25) is 4.79 Å². The molecule has 194 valence electrons. The van der Waals surface area contributed by atoms with Crippen molar-refractivity contribution in [2.45, 2.75) is 139 Å². The van der Waals surface area contributed by atoms with Gasteiger partial charge in [-0.15, -0.1) is 0 Å². The molecule has 0 amide bonds. The average Bonchev–Trinajstić information content (AvgIpc) is 3.24. The van der Waals surface area contributed by atoms with Crippen LogP contribution in [0.5, 0.6) is 0 Å². The summed E-state index contributed by atoms with van der Waals surface area (Å²) in [5.41, 5.74) is 0. The molecule has 8 nitrogen and oxygen atoms in total. The predicted molar refractivity (Wildman–Crippen MR) is 127 cm³/mol. The molecule has 1 saturated carbocycles. The minimum absolute atomic E-state index is 0.213. The van der Waals surface area contributed by atoms with Gasteiger partial charge in [0.25, 0.3) is 0 Å². The Bertz CT molecular complexity index is 699. The number of hydrogen-bond donors (Lipinski definition) is 0. The topological polar surface area (TPSA) is 89.5 Å². The molecule has 9 heteroatoms. The van der Waals surface area contributed by atoms with Gasteiger partial charge in [-0.1, -0.05) is 27.2 Å². The fourth-order valence-corrected chi connectivity index (χ4v) is 9.01. The van der Waals surface area contributed by atoms with E-state index in [-0.39, 0.29) is 36.8 Å². The average molecular weight is 499 g/mol. The van der Waals surface area contributed by atoms with Crippen molar-refractivity contribution >= 4 is 20.6 Å². The highest BCUT2D eigenvalue weighted by atomic mass is 28.4. The highest BCUT2D eigenvalue weighted by molar-refractivity contribution is 6.73. The lowest BCUT2D eigenvalue weighted by Gasteiger charge is -2.48. The van der Waals surface area contributed by atoms with Gasteiger partial charge >= 0.3 is 5.97 Å². The van der Waals surface area contributed by atoms with Gasteiger partial charge in [0.15, 0.2) is 14.1 Å². The molecule has 0 aromatic rings. The number of methoxy groups -OCH3 is 1. The van der Waals surface area contributed by atoms with E-state index >= 15 is 0 Å². The molecule has 0 radical (unpaired) electrons. The number of aldehydes is 1. The fraction of sp³-hybridized carbons (Fsp3) is 0.920. The number of ether oxygens (including phenoxy) is 5. The second kappa shape index (κ2) is 11.0.